The number of nitrogens with zero attached hydrogens (tertiary/aromatic N) is 3. The third-order valence-electron chi connectivity index (χ3n) is 3.66. The molecule has 9 nitrogen and oxygen atoms in total. The number of aromatic nitrogens is 3. The van der Waals surface area contributed by atoms with Crippen molar-refractivity contribution in [3.63, 3.8) is 0 Å². The minimum absolute atomic E-state index is 0.0421. The Bertz CT molecular complexity index is 1030. The van der Waals surface area contributed by atoms with E-state index < -0.39 is 17.7 Å². The predicted octanol–water partition coefficient (Wildman–Crippen LogP) is 3.75. The fraction of sp³-hybridized carbons (Fsp3) is 0.368. The van der Waals surface area contributed by atoms with Crippen molar-refractivity contribution in [2.75, 3.05) is 11.9 Å². The SMILES string of the molecule is CCOC(=O)c1c(NC(=O)OC(C)(C)C)oc2cc(-c3cnn(C)c3)cnc12. The molecule has 0 saturated carbocycles. The average Bonchev–Trinajstić information content (AvgIpc) is 3.15. The first-order chi connectivity index (χ1) is 13.2. The Morgan fingerprint density at radius 2 is 2.00 bits per heavy atom. The van der Waals surface area contributed by atoms with Crippen molar-refractivity contribution >= 4 is 29.0 Å². The molecular weight excluding hydrogens is 364 g/mol. The molecule has 9 heteroatoms. The number of hydrogen-bond acceptors (Lipinski definition) is 7. The minimum atomic E-state index is -0.746. The van der Waals surface area contributed by atoms with Gasteiger partial charge in [0, 0.05) is 30.6 Å². The van der Waals surface area contributed by atoms with Crippen LogP contribution in [0.25, 0.3) is 22.2 Å². The Labute approximate surface area is 161 Å². The van der Waals surface area contributed by atoms with E-state index in [9.17, 15) is 9.59 Å². The quantitative estimate of drug-likeness (QED) is 0.680. The Morgan fingerprint density at radius 1 is 1.25 bits per heavy atom. The normalized spacial score (nSPS) is 11.5. The number of fused-ring (bicyclic) bond motifs is 1. The smallest absolute Gasteiger partial charge is 0.414 e. The molecule has 148 valence electrons. The zero-order valence-corrected chi connectivity index (χ0v) is 16.4. The van der Waals surface area contributed by atoms with Crippen LogP contribution in [0.3, 0.4) is 0 Å². The molecule has 0 aromatic carbocycles. The molecule has 3 heterocycles. The van der Waals surface area contributed by atoms with Gasteiger partial charge in [0.15, 0.2) is 5.58 Å². The third kappa shape index (κ3) is 4.13. The molecule has 0 aliphatic carbocycles. The summed E-state index contributed by atoms with van der Waals surface area (Å²) in [6.07, 6.45) is 4.38. The lowest BCUT2D eigenvalue weighted by Gasteiger charge is -2.19. The summed E-state index contributed by atoms with van der Waals surface area (Å²) in [6, 6.07) is 1.72. The van der Waals surface area contributed by atoms with E-state index >= 15 is 0 Å². The number of carbonyl (C=O) groups excluding carboxylic acids is 2. The summed E-state index contributed by atoms with van der Waals surface area (Å²) in [7, 11) is 1.81. The van der Waals surface area contributed by atoms with Gasteiger partial charge in [0.1, 0.15) is 16.7 Å². The van der Waals surface area contributed by atoms with E-state index in [2.05, 4.69) is 15.4 Å². The van der Waals surface area contributed by atoms with Crippen LogP contribution in [0.1, 0.15) is 38.1 Å². The van der Waals surface area contributed by atoms with E-state index in [-0.39, 0.29) is 23.6 Å². The zero-order valence-electron chi connectivity index (χ0n) is 16.4. The van der Waals surface area contributed by atoms with Gasteiger partial charge in [-0.25, -0.2) is 9.59 Å². The number of furan rings is 1. The second-order valence-corrected chi connectivity index (χ2v) is 7.13. The van der Waals surface area contributed by atoms with E-state index in [0.29, 0.717) is 5.58 Å². The molecule has 0 saturated heterocycles. The van der Waals surface area contributed by atoms with Gasteiger partial charge in [0.05, 0.1) is 12.8 Å². The van der Waals surface area contributed by atoms with Crippen molar-refractivity contribution in [2.45, 2.75) is 33.3 Å². The van der Waals surface area contributed by atoms with Crippen LogP contribution in [-0.4, -0.2) is 39.0 Å². The molecule has 1 amide bonds. The summed E-state index contributed by atoms with van der Waals surface area (Å²) in [4.78, 5) is 28.9. The largest absolute Gasteiger partial charge is 0.462 e. The lowest BCUT2D eigenvalue weighted by atomic mass is 10.1. The monoisotopic (exact) mass is 386 g/mol. The van der Waals surface area contributed by atoms with Crippen LogP contribution in [0.15, 0.2) is 29.1 Å². The maximum atomic E-state index is 12.4. The van der Waals surface area contributed by atoms with Crippen molar-refractivity contribution in [1.82, 2.24) is 14.8 Å². The first-order valence-corrected chi connectivity index (χ1v) is 8.76. The molecular formula is C19H22N4O5. The number of amides is 1. The molecule has 0 radical (unpaired) electrons. The van der Waals surface area contributed by atoms with Crippen LogP contribution in [0, 0.1) is 0 Å². The van der Waals surface area contributed by atoms with E-state index in [1.165, 1.54) is 0 Å². The number of esters is 1. The first-order valence-electron chi connectivity index (χ1n) is 8.76. The summed E-state index contributed by atoms with van der Waals surface area (Å²) in [6.45, 7) is 7.07. The van der Waals surface area contributed by atoms with Gasteiger partial charge in [0.25, 0.3) is 0 Å². The Morgan fingerprint density at radius 3 is 2.61 bits per heavy atom. The molecule has 3 aromatic rings. The highest BCUT2D eigenvalue weighted by atomic mass is 16.6. The third-order valence-corrected chi connectivity index (χ3v) is 3.66. The lowest BCUT2D eigenvalue weighted by Crippen LogP contribution is -2.27. The fourth-order valence-electron chi connectivity index (χ4n) is 2.58. The van der Waals surface area contributed by atoms with Crippen LogP contribution >= 0.6 is 0 Å². The average molecular weight is 386 g/mol. The summed E-state index contributed by atoms with van der Waals surface area (Å²) in [5, 5.41) is 6.61. The molecule has 1 N–H and O–H groups in total. The van der Waals surface area contributed by atoms with E-state index in [0.717, 1.165) is 11.1 Å². The maximum absolute atomic E-state index is 12.4. The Kier molecular flexibility index (Phi) is 5.08. The number of anilines is 1. The Hall–Kier alpha value is -3.36. The van der Waals surface area contributed by atoms with Crippen LogP contribution in [0.2, 0.25) is 0 Å². The van der Waals surface area contributed by atoms with Gasteiger partial charge in [-0.15, -0.1) is 0 Å². The second-order valence-electron chi connectivity index (χ2n) is 7.13. The second kappa shape index (κ2) is 7.34. The molecule has 0 aliphatic heterocycles. The van der Waals surface area contributed by atoms with E-state index in [1.807, 2.05) is 13.2 Å². The molecule has 0 atom stereocenters. The molecule has 0 bridgehead atoms. The van der Waals surface area contributed by atoms with Gasteiger partial charge >= 0.3 is 12.1 Å². The van der Waals surface area contributed by atoms with Gasteiger partial charge in [-0.3, -0.25) is 15.0 Å². The Balaban J connectivity index is 2.03. The van der Waals surface area contributed by atoms with Crippen LogP contribution < -0.4 is 5.32 Å². The zero-order chi connectivity index (χ0) is 20.5. The summed E-state index contributed by atoms with van der Waals surface area (Å²) in [5.41, 5.74) is 1.56. The topological polar surface area (TPSA) is 108 Å². The summed E-state index contributed by atoms with van der Waals surface area (Å²) >= 11 is 0. The van der Waals surface area contributed by atoms with Gasteiger partial charge in [-0.1, -0.05) is 0 Å². The number of ether oxygens (including phenoxy) is 2. The van der Waals surface area contributed by atoms with Crippen molar-refractivity contribution in [2.24, 2.45) is 7.05 Å². The van der Waals surface area contributed by atoms with E-state index in [4.69, 9.17) is 13.9 Å². The van der Waals surface area contributed by atoms with Crippen molar-refractivity contribution in [3.8, 4) is 11.1 Å². The highest BCUT2D eigenvalue weighted by Gasteiger charge is 2.27. The number of nitrogens with one attached hydrogen (secondary N) is 1. The molecule has 28 heavy (non-hydrogen) atoms. The van der Waals surface area contributed by atoms with Crippen molar-refractivity contribution < 1.29 is 23.5 Å². The fourth-order valence-corrected chi connectivity index (χ4v) is 2.58. The van der Waals surface area contributed by atoms with Gasteiger partial charge in [0.2, 0.25) is 5.88 Å². The molecule has 3 rings (SSSR count). The van der Waals surface area contributed by atoms with E-state index in [1.54, 1.807) is 50.8 Å². The van der Waals surface area contributed by atoms with Crippen molar-refractivity contribution in [3.05, 3.63) is 30.2 Å². The number of pyridine rings is 1. The number of rotatable bonds is 4. The molecule has 0 fully saturated rings. The molecule has 0 aliphatic rings. The summed E-state index contributed by atoms with van der Waals surface area (Å²) < 4.78 is 17.7. The van der Waals surface area contributed by atoms with Gasteiger partial charge in [-0.05, 0) is 33.8 Å². The summed E-state index contributed by atoms with van der Waals surface area (Å²) in [5.74, 6) is -0.715. The van der Waals surface area contributed by atoms with Gasteiger partial charge in [-0.2, -0.15) is 5.10 Å². The van der Waals surface area contributed by atoms with Crippen LogP contribution in [0.5, 0.6) is 0 Å². The first kappa shape index (κ1) is 19.4. The highest BCUT2D eigenvalue weighted by molar-refractivity contribution is 6.08. The van der Waals surface area contributed by atoms with Crippen molar-refractivity contribution in [1.29, 1.82) is 0 Å². The lowest BCUT2D eigenvalue weighted by molar-refractivity contribution is 0.0529. The van der Waals surface area contributed by atoms with Gasteiger partial charge < -0.3 is 13.9 Å². The molecule has 3 aromatic heterocycles. The molecule has 0 spiro atoms. The highest BCUT2D eigenvalue weighted by Crippen LogP contribution is 2.32. The number of aryl methyl sites for hydroxylation is 1. The number of hydrogen-bond donors (Lipinski definition) is 1. The molecule has 0 unspecified atom stereocenters. The minimum Gasteiger partial charge on any atom is -0.462 e. The number of carbonyl (C=O) groups is 2. The van der Waals surface area contributed by atoms with Crippen LogP contribution in [0.4, 0.5) is 10.7 Å². The maximum Gasteiger partial charge on any atom is 0.414 e. The van der Waals surface area contributed by atoms with Crippen LogP contribution in [-0.2, 0) is 16.5 Å². The predicted molar refractivity (Wildman–Crippen MR) is 102 cm³/mol. The standard InChI is InChI=1S/C19H22N4O5/c1-6-26-17(24)14-15-13(27-16(14)22-18(25)28-19(2,3)4)7-11(8-20-15)12-9-21-23(5)10-12/h7-10H,6H2,1-5H3,(H,22,25).